The highest BCUT2D eigenvalue weighted by Gasteiger charge is 2.57. The lowest BCUT2D eigenvalue weighted by Gasteiger charge is -2.49. The molecule has 7 nitrogen and oxygen atoms in total. The third kappa shape index (κ3) is 2.90. The highest BCUT2D eigenvalue weighted by atomic mass is 16.7. The van der Waals surface area contributed by atoms with Gasteiger partial charge in [0.15, 0.2) is 11.5 Å². The molecule has 4 atom stereocenters. The fraction of sp³-hybridized carbons (Fsp3) is 0.545. The predicted molar refractivity (Wildman–Crippen MR) is 102 cm³/mol. The number of hydrogen-bond acceptors (Lipinski definition) is 7. The summed E-state index contributed by atoms with van der Waals surface area (Å²) < 4.78 is 22.2. The largest absolute Gasteiger partial charge is 0.466 e. The van der Waals surface area contributed by atoms with Gasteiger partial charge in [-0.3, -0.25) is 14.5 Å². The highest BCUT2D eigenvalue weighted by Crippen LogP contribution is 2.56. The molecule has 4 aliphatic rings. The first-order chi connectivity index (χ1) is 14.0. The van der Waals surface area contributed by atoms with Gasteiger partial charge in [0, 0.05) is 30.8 Å². The summed E-state index contributed by atoms with van der Waals surface area (Å²) in [7, 11) is 0. The molecule has 5 rings (SSSR count). The summed E-state index contributed by atoms with van der Waals surface area (Å²) in [5, 5.41) is 0. The van der Waals surface area contributed by atoms with Gasteiger partial charge in [-0.2, -0.15) is 0 Å². The van der Waals surface area contributed by atoms with Crippen LogP contribution in [0.25, 0.3) is 0 Å². The van der Waals surface area contributed by atoms with Crippen molar-refractivity contribution in [1.82, 2.24) is 4.90 Å². The molecule has 1 aromatic rings. The van der Waals surface area contributed by atoms with Crippen LogP contribution in [0.4, 0.5) is 0 Å². The second kappa shape index (κ2) is 6.76. The number of fused-ring (bicyclic) bond motifs is 3. The summed E-state index contributed by atoms with van der Waals surface area (Å²) in [5.41, 5.74) is 1.96. The Morgan fingerprint density at radius 2 is 2.07 bits per heavy atom. The normalized spacial score (nSPS) is 31.2. The van der Waals surface area contributed by atoms with Crippen molar-refractivity contribution < 1.29 is 28.5 Å². The quantitative estimate of drug-likeness (QED) is 0.569. The molecule has 0 radical (unpaired) electrons. The minimum absolute atomic E-state index is 0.0640. The number of ether oxygens (including phenoxy) is 4. The van der Waals surface area contributed by atoms with Crippen LogP contribution >= 0.6 is 0 Å². The zero-order valence-electron chi connectivity index (χ0n) is 16.7. The number of nitrogens with zero attached hydrogens (tertiary/aromatic N) is 1. The summed E-state index contributed by atoms with van der Waals surface area (Å²) in [6.45, 7) is 5.51. The van der Waals surface area contributed by atoms with Gasteiger partial charge < -0.3 is 18.9 Å². The lowest BCUT2D eigenvalue weighted by Crippen LogP contribution is -2.53. The topological polar surface area (TPSA) is 74.3 Å². The molecule has 0 unspecified atom stereocenters. The third-order valence-electron chi connectivity index (χ3n) is 6.61. The van der Waals surface area contributed by atoms with Crippen molar-refractivity contribution in [3.8, 4) is 11.5 Å². The number of carbonyl (C=O) groups excluding carboxylic acids is 2. The standard InChI is InChI=1S/C22H25NO6/c1-3-26-19(25)10-22-5-4-16(29-13(2)24)20-15-9-18-17(27-12-28-18)8-14(15)11-23(7-6-22)21(20)22/h4-5,8-9,16,20-21H,3,6-7,10-12H2,1-2H3/t16-,20-,21+,22-/m1/s1. The SMILES string of the molecule is CCOC(=O)C[C@@]12C=C[C@@H](OC(C)=O)[C@H]3c4cc5c(cc4CN(CC1)[C@@H]32)OCO5. The van der Waals surface area contributed by atoms with Crippen LogP contribution in [-0.4, -0.2) is 48.9 Å². The van der Waals surface area contributed by atoms with E-state index in [0.717, 1.165) is 42.1 Å². The van der Waals surface area contributed by atoms with E-state index in [1.807, 2.05) is 25.1 Å². The van der Waals surface area contributed by atoms with E-state index in [2.05, 4.69) is 11.0 Å². The molecule has 0 bridgehead atoms. The zero-order valence-corrected chi connectivity index (χ0v) is 16.7. The third-order valence-corrected chi connectivity index (χ3v) is 6.61. The molecule has 154 valence electrons. The van der Waals surface area contributed by atoms with E-state index >= 15 is 0 Å². The van der Waals surface area contributed by atoms with Crippen LogP contribution in [-0.2, 0) is 25.6 Å². The Labute approximate surface area is 169 Å². The molecule has 7 heteroatoms. The zero-order chi connectivity index (χ0) is 20.2. The van der Waals surface area contributed by atoms with Crippen molar-refractivity contribution in [2.75, 3.05) is 19.9 Å². The second-order valence-corrected chi connectivity index (χ2v) is 8.24. The molecule has 1 saturated heterocycles. The highest BCUT2D eigenvalue weighted by molar-refractivity contribution is 5.71. The number of benzene rings is 1. The van der Waals surface area contributed by atoms with E-state index < -0.39 is 0 Å². The fourth-order valence-corrected chi connectivity index (χ4v) is 5.58. The van der Waals surface area contributed by atoms with Crippen LogP contribution in [0.15, 0.2) is 24.3 Å². The lowest BCUT2D eigenvalue weighted by molar-refractivity contribution is -0.150. The van der Waals surface area contributed by atoms with E-state index in [0.29, 0.717) is 13.0 Å². The van der Waals surface area contributed by atoms with Crippen LogP contribution in [0.3, 0.4) is 0 Å². The summed E-state index contributed by atoms with van der Waals surface area (Å²) >= 11 is 0. The monoisotopic (exact) mass is 399 g/mol. The number of hydrogen-bond donors (Lipinski definition) is 0. The smallest absolute Gasteiger partial charge is 0.306 e. The molecule has 0 saturated carbocycles. The Hall–Kier alpha value is -2.54. The van der Waals surface area contributed by atoms with Gasteiger partial charge in [0.2, 0.25) is 6.79 Å². The molecule has 0 aromatic heterocycles. The molecule has 29 heavy (non-hydrogen) atoms. The first-order valence-corrected chi connectivity index (χ1v) is 10.2. The molecule has 1 aromatic carbocycles. The van der Waals surface area contributed by atoms with Crippen molar-refractivity contribution in [2.24, 2.45) is 5.41 Å². The van der Waals surface area contributed by atoms with Crippen molar-refractivity contribution in [1.29, 1.82) is 0 Å². The van der Waals surface area contributed by atoms with E-state index in [1.54, 1.807) is 0 Å². The van der Waals surface area contributed by atoms with Crippen LogP contribution in [0.1, 0.15) is 43.7 Å². The number of carbonyl (C=O) groups is 2. The fourth-order valence-electron chi connectivity index (χ4n) is 5.58. The molecule has 1 fully saturated rings. The van der Waals surface area contributed by atoms with Crippen LogP contribution in [0, 0.1) is 5.41 Å². The summed E-state index contributed by atoms with van der Waals surface area (Å²) in [6, 6.07) is 4.14. The lowest BCUT2D eigenvalue weighted by atomic mass is 9.63. The van der Waals surface area contributed by atoms with Gasteiger partial charge in [-0.15, -0.1) is 0 Å². The molecule has 3 aliphatic heterocycles. The summed E-state index contributed by atoms with van der Waals surface area (Å²) in [5.74, 6) is 0.922. The molecule has 0 amide bonds. The van der Waals surface area contributed by atoms with Gasteiger partial charge >= 0.3 is 11.9 Å². The van der Waals surface area contributed by atoms with Gasteiger partial charge in [-0.25, -0.2) is 0 Å². The van der Waals surface area contributed by atoms with E-state index in [-0.39, 0.29) is 42.2 Å². The maximum absolute atomic E-state index is 12.4. The maximum atomic E-state index is 12.4. The minimum atomic E-state index is -0.382. The second-order valence-electron chi connectivity index (χ2n) is 8.24. The number of rotatable bonds is 4. The first kappa shape index (κ1) is 18.5. The molecular formula is C22H25NO6. The Morgan fingerprint density at radius 1 is 1.28 bits per heavy atom. The maximum Gasteiger partial charge on any atom is 0.306 e. The molecule has 0 N–H and O–H groups in total. The van der Waals surface area contributed by atoms with Gasteiger partial charge in [0.1, 0.15) is 6.10 Å². The van der Waals surface area contributed by atoms with E-state index in [9.17, 15) is 9.59 Å². The summed E-state index contributed by atoms with van der Waals surface area (Å²) in [4.78, 5) is 26.7. The first-order valence-electron chi connectivity index (χ1n) is 10.2. The van der Waals surface area contributed by atoms with Gasteiger partial charge in [0.05, 0.1) is 13.0 Å². The van der Waals surface area contributed by atoms with E-state index in [4.69, 9.17) is 18.9 Å². The Bertz CT molecular complexity index is 896. The van der Waals surface area contributed by atoms with Crippen LogP contribution in [0.2, 0.25) is 0 Å². The molecule has 0 spiro atoms. The molecule has 1 aliphatic carbocycles. The van der Waals surface area contributed by atoms with Gasteiger partial charge in [0.25, 0.3) is 0 Å². The molecule has 3 heterocycles. The van der Waals surface area contributed by atoms with Crippen LogP contribution in [0.5, 0.6) is 11.5 Å². The van der Waals surface area contributed by atoms with Gasteiger partial charge in [-0.1, -0.05) is 6.08 Å². The minimum Gasteiger partial charge on any atom is -0.466 e. The van der Waals surface area contributed by atoms with Gasteiger partial charge in [-0.05, 0) is 49.2 Å². The van der Waals surface area contributed by atoms with Crippen molar-refractivity contribution in [2.45, 2.75) is 51.3 Å². The number of esters is 2. The average molecular weight is 399 g/mol. The Balaban J connectivity index is 1.60. The predicted octanol–water partition coefficient (Wildman–Crippen LogP) is 2.53. The summed E-state index contributed by atoms with van der Waals surface area (Å²) in [6.07, 6.45) is 4.88. The average Bonchev–Trinajstić information content (AvgIpc) is 3.27. The van der Waals surface area contributed by atoms with E-state index in [1.165, 1.54) is 6.92 Å². The Morgan fingerprint density at radius 3 is 2.83 bits per heavy atom. The van der Waals surface area contributed by atoms with Crippen molar-refractivity contribution in [3.63, 3.8) is 0 Å². The Kier molecular flexibility index (Phi) is 4.31. The van der Waals surface area contributed by atoms with Crippen molar-refractivity contribution in [3.05, 3.63) is 35.4 Å². The van der Waals surface area contributed by atoms with Crippen molar-refractivity contribution >= 4 is 11.9 Å². The molecular weight excluding hydrogens is 374 g/mol. The van der Waals surface area contributed by atoms with Crippen LogP contribution < -0.4 is 9.47 Å².